The van der Waals surface area contributed by atoms with Crippen molar-refractivity contribution < 1.29 is 19.1 Å². The van der Waals surface area contributed by atoms with Crippen LogP contribution >= 0.6 is 0 Å². The first-order chi connectivity index (χ1) is 30.6. The van der Waals surface area contributed by atoms with Crippen LogP contribution in [0, 0.1) is 0 Å². The summed E-state index contributed by atoms with van der Waals surface area (Å²) in [6.45, 7) is 7.41. The molecular formula is C57H105NO4. The summed E-state index contributed by atoms with van der Waals surface area (Å²) >= 11 is 0. The summed E-state index contributed by atoms with van der Waals surface area (Å²) in [5, 5.41) is 0. The highest BCUT2D eigenvalue weighted by atomic mass is 16.5. The molecule has 0 aliphatic carbocycles. The molecule has 0 spiro atoms. The molecule has 0 radical (unpaired) electrons. The first-order valence-corrected chi connectivity index (χ1v) is 27.5. The average Bonchev–Trinajstić information content (AvgIpc) is 3.27. The number of ether oxygens (including phenoxy) is 1. The maximum atomic E-state index is 13.4. The van der Waals surface area contributed by atoms with E-state index < -0.39 is 0 Å². The fourth-order valence-electron chi connectivity index (χ4n) is 8.17. The van der Waals surface area contributed by atoms with Gasteiger partial charge in [-0.1, -0.05) is 211 Å². The largest absolute Gasteiger partial charge is 0.466 e. The van der Waals surface area contributed by atoms with Crippen LogP contribution in [0.5, 0.6) is 0 Å². The third-order valence-electron chi connectivity index (χ3n) is 12.3. The van der Waals surface area contributed by atoms with Crippen molar-refractivity contribution in [2.75, 3.05) is 13.2 Å². The lowest BCUT2D eigenvalue weighted by Gasteiger charge is -2.21. The van der Waals surface area contributed by atoms with Crippen molar-refractivity contribution in [2.24, 2.45) is 0 Å². The third kappa shape index (κ3) is 45.8. The molecule has 62 heavy (non-hydrogen) atoms. The third-order valence-corrected chi connectivity index (χ3v) is 12.3. The molecule has 0 fully saturated rings. The van der Waals surface area contributed by atoms with Crippen LogP contribution in [0.2, 0.25) is 0 Å². The standard InChI is InChI=1S/C57H105NO4/c1-4-7-10-13-16-19-22-25-28-31-34-37-40-43-46-50-55(59)58(56(60)51-47-44-41-38-35-32-29-26-23-20-17-14-11-8-5-2)53-49-54-62-57(61)52-48-45-42-39-36-33-30-27-24-21-18-15-12-9-6-3/h25-30H,4-24,31-54H2,1-3H3/b28-25-,29-26-,30-27-. The highest BCUT2D eigenvalue weighted by molar-refractivity contribution is 5.95. The summed E-state index contributed by atoms with van der Waals surface area (Å²) in [7, 11) is 0. The Balaban J connectivity index is 4.39. The second-order valence-corrected chi connectivity index (χ2v) is 18.5. The molecule has 0 aromatic heterocycles. The Kier molecular flexibility index (Phi) is 49.7. The highest BCUT2D eigenvalue weighted by Gasteiger charge is 2.20. The Morgan fingerprint density at radius 2 is 0.581 bits per heavy atom. The SMILES string of the molecule is CCCCCCCC/C=C\CCCCCCCC(=O)OCCCN(C(=O)CCCCCCC/C=C\CCCCCCCC)C(=O)CCCCCCC/C=C\CCCCCCCC. The Labute approximate surface area is 386 Å². The molecule has 0 aliphatic heterocycles. The van der Waals surface area contributed by atoms with Crippen LogP contribution in [0.1, 0.15) is 297 Å². The number of hydrogen-bond acceptors (Lipinski definition) is 4. The second-order valence-electron chi connectivity index (χ2n) is 18.5. The summed E-state index contributed by atoms with van der Waals surface area (Å²) in [6, 6.07) is 0. The molecule has 5 nitrogen and oxygen atoms in total. The summed E-state index contributed by atoms with van der Waals surface area (Å²) in [5.41, 5.74) is 0. The smallest absolute Gasteiger partial charge is 0.305 e. The molecule has 2 amide bonds. The molecule has 0 atom stereocenters. The number of unbranched alkanes of at least 4 members (excludes halogenated alkanes) is 33. The molecule has 0 rings (SSSR count). The van der Waals surface area contributed by atoms with Crippen molar-refractivity contribution in [3.05, 3.63) is 36.5 Å². The zero-order chi connectivity index (χ0) is 45.1. The monoisotopic (exact) mass is 868 g/mol. The summed E-state index contributed by atoms with van der Waals surface area (Å²) < 4.78 is 5.55. The predicted molar refractivity (Wildman–Crippen MR) is 271 cm³/mol. The second kappa shape index (κ2) is 51.5. The average molecular weight is 868 g/mol. The van der Waals surface area contributed by atoms with Gasteiger partial charge in [-0.2, -0.15) is 0 Å². The minimum atomic E-state index is -0.159. The van der Waals surface area contributed by atoms with Gasteiger partial charge in [0.15, 0.2) is 0 Å². The first-order valence-electron chi connectivity index (χ1n) is 27.5. The summed E-state index contributed by atoms with van der Waals surface area (Å²) in [6.07, 6.45) is 63.7. The number of amides is 2. The van der Waals surface area contributed by atoms with Gasteiger partial charge in [-0.25, -0.2) is 0 Å². The van der Waals surface area contributed by atoms with Crippen LogP contribution in [-0.4, -0.2) is 35.8 Å². The molecule has 0 bridgehead atoms. The number of nitrogens with zero attached hydrogens (tertiary/aromatic N) is 1. The molecular weight excluding hydrogens is 763 g/mol. The van der Waals surface area contributed by atoms with E-state index in [0.717, 1.165) is 77.0 Å². The van der Waals surface area contributed by atoms with Crippen molar-refractivity contribution in [1.82, 2.24) is 4.90 Å². The van der Waals surface area contributed by atoms with E-state index >= 15 is 0 Å². The Morgan fingerprint density at radius 3 is 0.887 bits per heavy atom. The van der Waals surface area contributed by atoms with Gasteiger partial charge in [0.25, 0.3) is 0 Å². The van der Waals surface area contributed by atoms with E-state index in [9.17, 15) is 14.4 Å². The molecule has 0 aromatic rings. The van der Waals surface area contributed by atoms with Crippen LogP contribution < -0.4 is 0 Å². The topological polar surface area (TPSA) is 63.7 Å². The van der Waals surface area contributed by atoms with Gasteiger partial charge in [0.2, 0.25) is 11.8 Å². The maximum absolute atomic E-state index is 13.4. The zero-order valence-corrected chi connectivity index (χ0v) is 41.9. The molecule has 0 saturated carbocycles. The number of rotatable bonds is 49. The zero-order valence-electron chi connectivity index (χ0n) is 41.9. The van der Waals surface area contributed by atoms with E-state index in [1.807, 2.05) is 0 Å². The molecule has 0 aromatic carbocycles. The number of hydrogen-bond donors (Lipinski definition) is 0. The Morgan fingerprint density at radius 1 is 0.323 bits per heavy atom. The van der Waals surface area contributed by atoms with Crippen LogP contribution in [-0.2, 0) is 19.1 Å². The fraction of sp³-hybridized carbons (Fsp3) is 0.842. The lowest BCUT2D eigenvalue weighted by molar-refractivity contribution is -0.145. The lowest BCUT2D eigenvalue weighted by Crippen LogP contribution is -2.38. The number of carbonyl (C=O) groups is 3. The van der Waals surface area contributed by atoms with E-state index in [-0.39, 0.29) is 24.4 Å². The van der Waals surface area contributed by atoms with E-state index in [1.165, 1.54) is 178 Å². The van der Waals surface area contributed by atoms with Gasteiger partial charge in [0, 0.05) is 25.8 Å². The van der Waals surface area contributed by atoms with Gasteiger partial charge in [-0.15, -0.1) is 0 Å². The molecule has 362 valence electrons. The molecule has 0 unspecified atom stereocenters. The van der Waals surface area contributed by atoms with Crippen molar-refractivity contribution in [2.45, 2.75) is 297 Å². The first kappa shape index (κ1) is 59.8. The molecule has 5 heteroatoms. The minimum absolute atomic E-state index is 0.0556. The Hall–Kier alpha value is -2.17. The highest BCUT2D eigenvalue weighted by Crippen LogP contribution is 2.15. The number of imide groups is 1. The molecule has 0 aliphatic rings. The molecule has 0 heterocycles. The predicted octanol–water partition coefficient (Wildman–Crippen LogP) is 18.4. The van der Waals surface area contributed by atoms with E-state index in [0.29, 0.717) is 32.2 Å². The normalized spacial score (nSPS) is 11.8. The molecule has 0 saturated heterocycles. The minimum Gasteiger partial charge on any atom is -0.466 e. The van der Waals surface area contributed by atoms with Crippen molar-refractivity contribution in [3.8, 4) is 0 Å². The van der Waals surface area contributed by atoms with Gasteiger partial charge in [0.1, 0.15) is 0 Å². The van der Waals surface area contributed by atoms with Gasteiger partial charge < -0.3 is 4.74 Å². The quantitative estimate of drug-likeness (QED) is 0.0347. The van der Waals surface area contributed by atoms with Crippen LogP contribution in [0.4, 0.5) is 0 Å². The van der Waals surface area contributed by atoms with Gasteiger partial charge >= 0.3 is 5.97 Å². The van der Waals surface area contributed by atoms with Crippen molar-refractivity contribution in [3.63, 3.8) is 0 Å². The van der Waals surface area contributed by atoms with E-state index in [2.05, 4.69) is 57.2 Å². The van der Waals surface area contributed by atoms with Crippen LogP contribution in [0.3, 0.4) is 0 Å². The maximum Gasteiger partial charge on any atom is 0.305 e. The number of allylic oxidation sites excluding steroid dienone is 6. The van der Waals surface area contributed by atoms with Crippen molar-refractivity contribution >= 4 is 17.8 Å². The van der Waals surface area contributed by atoms with Gasteiger partial charge in [0.05, 0.1) is 6.61 Å². The Bertz CT molecular complexity index is 995. The van der Waals surface area contributed by atoms with Gasteiger partial charge in [-0.05, 0) is 103 Å². The summed E-state index contributed by atoms with van der Waals surface area (Å²) in [5.74, 6) is -0.270. The van der Waals surface area contributed by atoms with Crippen molar-refractivity contribution in [1.29, 1.82) is 0 Å². The van der Waals surface area contributed by atoms with Crippen LogP contribution in [0.25, 0.3) is 0 Å². The van der Waals surface area contributed by atoms with Gasteiger partial charge in [-0.3, -0.25) is 19.3 Å². The fourth-order valence-corrected chi connectivity index (χ4v) is 8.17. The lowest BCUT2D eigenvalue weighted by atomic mass is 10.1. The van der Waals surface area contributed by atoms with Crippen LogP contribution in [0.15, 0.2) is 36.5 Å². The molecule has 0 N–H and O–H groups in total. The van der Waals surface area contributed by atoms with E-state index in [1.54, 1.807) is 0 Å². The number of esters is 1. The van der Waals surface area contributed by atoms with E-state index in [4.69, 9.17) is 4.74 Å². The summed E-state index contributed by atoms with van der Waals surface area (Å²) in [4.78, 5) is 40.6. The number of carbonyl (C=O) groups excluding carboxylic acids is 3.